The van der Waals surface area contributed by atoms with Gasteiger partial charge in [-0.2, -0.15) is 0 Å². The number of hydrogen-bond acceptors (Lipinski definition) is 7. The fraction of sp³-hybridized carbons (Fsp3) is 0.238. The van der Waals surface area contributed by atoms with Crippen LogP contribution in [0.3, 0.4) is 0 Å². The minimum Gasteiger partial charge on any atom is -0.463 e. The van der Waals surface area contributed by atoms with Crippen LogP contribution in [0.25, 0.3) is 0 Å². The lowest BCUT2D eigenvalue weighted by Crippen LogP contribution is -2.59. The van der Waals surface area contributed by atoms with E-state index in [1.54, 1.807) is 13.0 Å². The zero-order valence-corrected chi connectivity index (χ0v) is 15.9. The normalized spacial score (nSPS) is 18.2. The van der Waals surface area contributed by atoms with Crippen LogP contribution in [0.2, 0.25) is 0 Å². The van der Waals surface area contributed by atoms with Crippen molar-refractivity contribution < 1.29 is 33.8 Å². The predicted octanol–water partition coefficient (Wildman–Crippen LogP) is 1.80. The molecule has 1 unspecified atom stereocenters. The summed E-state index contributed by atoms with van der Waals surface area (Å²) in [4.78, 5) is 51.1. The molecule has 1 heterocycles. The molecule has 0 fully saturated rings. The van der Waals surface area contributed by atoms with Gasteiger partial charge in [-0.15, -0.1) is 0 Å². The molecule has 0 radical (unpaired) electrons. The highest BCUT2D eigenvalue weighted by molar-refractivity contribution is 6.31. The van der Waals surface area contributed by atoms with E-state index in [9.17, 15) is 24.3 Å². The van der Waals surface area contributed by atoms with Gasteiger partial charge in [0.25, 0.3) is 17.4 Å². The highest BCUT2D eigenvalue weighted by atomic mass is 16.6. The minimum absolute atomic E-state index is 0.00266. The van der Waals surface area contributed by atoms with Gasteiger partial charge in [0.2, 0.25) is 0 Å². The van der Waals surface area contributed by atoms with Gasteiger partial charge in [-0.25, -0.2) is 14.5 Å². The smallest absolute Gasteiger partial charge is 0.353 e. The van der Waals surface area contributed by atoms with Crippen LogP contribution < -0.4 is 4.90 Å². The topological polar surface area (TPSA) is 110 Å². The molecule has 1 aliphatic heterocycles. The van der Waals surface area contributed by atoms with Crippen LogP contribution in [0.15, 0.2) is 48.5 Å². The number of fused-ring (bicyclic) bond motifs is 1. The first-order valence-corrected chi connectivity index (χ1v) is 9.01. The van der Waals surface area contributed by atoms with Gasteiger partial charge < -0.3 is 14.6 Å². The largest absolute Gasteiger partial charge is 0.463 e. The van der Waals surface area contributed by atoms with Crippen molar-refractivity contribution in [2.45, 2.75) is 19.4 Å². The van der Waals surface area contributed by atoms with Gasteiger partial charge in [0.15, 0.2) is 0 Å². The number of ether oxygens (including phenoxy) is 2. The van der Waals surface area contributed by atoms with Crippen molar-refractivity contribution in [3.05, 3.63) is 65.2 Å². The summed E-state index contributed by atoms with van der Waals surface area (Å²) in [6.07, 6.45) is 0. The third-order valence-corrected chi connectivity index (χ3v) is 4.47. The Morgan fingerprint density at radius 1 is 0.966 bits per heavy atom. The molecule has 0 spiro atoms. The molecule has 8 heteroatoms. The van der Waals surface area contributed by atoms with Crippen LogP contribution in [0.1, 0.15) is 40.1 Å². The summed E-state index contributed by atoms with van der Waals surface area (Å²) >= 11 is 0. The molecule has 8 nitrogen and oxygen atoms in total. The SMILES string of the molecule is CCOC(=O)c1ccc(N2C(=O)c3ccccc3C(O)(C(=O)OCC)C2=O)cc1. The van der Waals surface area contributed by atoms with Gasteiger partial charge in [0.1, 0.15) is 0 Å². The molecule has 150 valence electrons. The number of rotatable bonds is 5. The Kier molecular flexibility index (Phi) is 5.47. The van der Waals surface area contributed by atoms with Crippen LogP contribution in [0, 0.1) is 0 Å². The van der Waals surface area contributed by atoms with Crippen LogP contribution in [-0.2, 0) is 24.7 Å². The van der Waals surface area contributed by atoms with Gasteiger partial charge in [-0.3, -0.25) is 9.59 Å². The Labute approximate surface area is 166 Å². The van der Waals surface area contributed by atoms with Crippen LogP contribution in [0.4, 0.5) is 5.69 Å². The lowest BCUT2D eigenvalue weighted by molar-refractivity contribution is -0.171. The van der Waals surface area contributed by atoms with Crippen molar-refractivity contribution in [2.24, 2.45) is 0 Å². The number of carbonyl (C=O) groups is 4. The number of hydrogen-bond donors (Lipinski definition) is 1. The maximum Gasteiger partial charge on any atom is 0.353 e. The maximum atomic E-state index is 13.1. The second kappa shape index (κ2) is 7.84. The van der Waals surface area contributed by atoms with Gasteiger partial charge in [0, 0.05) is 11.1 Å². The summed E-state index contributed by atoms with van der Waals surface area (Å²) in [5.74, 6) is -3.58. The summed E-state index contributed by atoms with van der Waals surface area (Å²) in [6.45, 7) is 3.36. The third kappa shape index (κ3) is 3.27. The molecule has 0 bridgehead atoms. The molecule has 3 rings (SSSR count). The van der Waals surface area contributed by atoms with Gasteiger partial charge in [-0.05, 0) is 44.2 Å². The van der Waals surface area contributed by atoms with E-state index in [1.165, 1.54) is 49.4 Å². The molecule has 2 aromatic carbocycles. The first-order valence-electron chi connectivity index (χ1n) is 9.01. The Balaban J connectivity index is 2.09. The number of imide groups is 1. The molecule has 0 saturated heterocycles. The van der Waals surface area contributed by atoms with Crippen molar-refractivity contribution >= 4 is 29.4 Å². The third-order valence-electron chi connectivity index (χ3n) is 4.47. The minimum atomic E-state index is -2.67. The first kappa shape index (κ1) is 20.2. The zero-order chi connectivity index (χ0) is 21.2. The number of anilines is 1. The molecule has 29 heavy (non-hydrogen) atoms. The second-order valence-electron chi connectivity index (χ2n) is 6.19. The molecular formula is C21H19NO7. The van der Waals surface area contributed by atoms with E-state index in [-0.39, 0.29) is 35.6 Å². The average molecular weight is 397 g/mol. The van der Waals surface area contributed by atoms with E-state index < -0.39 is 29.4 Å². The molecule has 2 aromatic rings. The summed E-state index contributed by atoms with van der Waals surface area (Å²) in [7, 11) is 0. The molecule has 0 aromatic heterocycles. The van der Waals surface area contributed by atoms with E-state index >= 15 is 0 Å². The molecular weight excluding hydrogens is 378 g/mol. The summed E-state index contributed by atoms with van der Waals surface area (Å²) in [5, 5.41) is 11.1. The number of benzene rings is 2. The fourth-order valence-corrected chi connectivity index (χ4v) is 3.10. The van der Waals surface area contributed by atoms with E-state index in [0.29, 0.717) is 4.90 Å². The molecule has 1 atom stereocenters. The quantitative estimate of drug-likeness (QED) is 0.465. The Hall–Kier alpha value is -3.52. The van der Waals surface area contributed by atoms with Crippen LogP contribution in [0.5, 0.6) is 0 Å². The second-order valence-corrected chi connectivity index (χ2v) is 6.19. The molecule has 0 saturated carbocycles. The van der Waals surface area contributed by atoms with E-state index in [1.807, 2.05) is 0 Å². The van der Waals surface area contributed by atoms with E-state index in [0.717, 1.165) is 0 Å². The Morgan fingerprint density at radius 3 is 2.21 bits per heavy atom. The fourth-order valence-electron chi connectivity index (χ4n) is 3.10. The van der Waals surface area contributed by atoms with Crippen molar-refractivity contribution in [2.75, 3.05) is 18.1 Å². The molecule has 2 amide bonds. The Morgan fingerprint density at radius 2 is 1.59 bits per heavy atom. The number of esters is 2. The van der Waals surface area contributed by atoms with Crippen molar-refractivity contribution in [3.8, 4) is 0 Å². The average Bonchev–Trinajstić information content (AvgIpc) is 2.73. The highest BCUT2D eigenvalue weighted by Gasteiger charge is 2.56. The maximum absolute atomic E-state index is 13.1. The van der Waals surface area contributed by atoms with Gasteiger partial charge in [0.05, 0.1) is 24.5 Å². The Bertz CT molecular complexity index is 983. The van der Waals surface area contributed by atoms with E-state index in [2.05, 4.69) is 0 Å². The number of aliphatic hydroxyl groups is 1. The van der Waals surface area contributed by atoms with Crippen LogP contribution >= 0.6 is 0 Å². The van der Waals surface area contributed by atoms with Gasteiger partial charge in [-0.1, -0.05) is 18.2 Å². The lowest BCUT2D eigenvalue weighted by Gasteiger charge is -2.36. The van der Waals surface area contributed by atoms with Gasteiger partial charge >= 0.3 is 11.9 Å². The summed E-state index contributed by atoms with van der Waals surface area (Å²) in [5.41, 5.74) is -2.48. The predicted molar refractivity (Wildman–Crippen MR) is 101 cm³/mol. The summed E-state index contributed by atoms with van der Waals surface area (Å²) in [6, 6.07) is 11.3. The van der Waals surface area contributed by atoms with Crippen molar-refractivity contribution in [1.29, 1.82) is 0 Å². The number of carbonyl (C=O) groups excluding carboxylic acids is 4. The first-order chi connectivity index (χ1) is 13.9. The standard InChI is InChI=1S/C21H19NO7/c1-3-28-18(24)13-9-11-14(12-10-13)22-17(23)15-7-5-6-8-16(15)21(27,19(22)25)20(26)29-4-2/h5-12,27H,3-4H2,1-2H3. The number of amides is 2. The highest BCUT2D eigenvalue weighted by Crippen LogP contribution is 2.36. The van der Waals surface area contributed by atoms with E-state index in [4.69, 9.17) is 9.47 Å². The molecule has 1 N–H and O–H groups in total. The molecule has 0 aliphatic carbocycles. The monoisotopic (exact) mass is 397 g/mol. The van der Waals surface area contributed by atoms with Crippen molar-refractivity contribution in [3.63, 3.8) is 0 Å². The molecule has 1 aliphatic rings. The zero-order valence-electron chi connectivity index (χ0n) is 15.9. The number of nitrogens with zero attached hydrogens (tertiary/aromatic N) is 1. The van der Waals surface area contributed by atoms with Crippen LogP contribution in [-0.4, -0.2) is 42.1 Å². The lowest BCUT2D eigenvalue weighted by atomic mass is 9.84. The summed E-state index contributed by atoms with van der Waals surface area (Å²) < 4.78 is 9.81. The van der Waals surface area contributed by atoms with Crippen molar-refractivity contribution in [1.82, 2.24) is 0 Å².